The Morgan fingerprint density at radius 1 is 1.05 bits per heavy atom. The van der Waals surface area contributed by atoms with Crippen LogP contribution in [-0.4, -0.2) is 24.2 Å². The van der Waals surface area contributed by atoms with Crippen molar-refractivity contribution in [2.45, 2.75) is 25.2 Å². The van der Waals surface area contributed by atoms with Crippen molar-refractivity contribution in [3.63, 3.8) is 0 Å². The lowest BCUT2D eigenvalue weighted by molar-refractivity contribution is -0.179. The summed E-state index contributed by atoms with van der Waals surface area (Å²) in [7, 11) is 0. The topological polar surface area (TPSA) is 16.1 Å². The van der Waals surface area contributed by atoms with Gasteiger partial charge in [0.25, 0.3) is 0 Å². The highest BCUT2D eigenvalue weighted by Gasteiger charge is 2.42. The molecule has 20 heavy (non-hydrogen) atoms. The Morgan fingerprint density at radius 3 is 2.15 bits per heavy atom. The molecule has 0 radical (unpaired) electrons. The standard InChI is InChI=1S/C12H12F6N2/c13-11(14,15)8-3-6-20(7-4-8)10-9(12(16,17)18)2-1-5-19-10/h1-2,5,8H,3-4,6-7H2. The fourth-order valence-electron chi connectivity index (χ4n) is 2.29. The van der Waals surface area contributed by atoms with Crippen molar-refractivity contribution < 1.29 is 26.3 Å². The van der Waals surface area contributed by atoms with Gasteiger partial charge in [-0.2, -0.15) is 26.3 Å². The predicted octanol–water partition coefficient (Wildman–Crippen LogP) is 3.88. The molecule has 0 atom stereocenters. The first-order valence-electron chi connectivity index (χ1n) is 6.03. The molecule has 1 aliphatic heterocycles. The van der Waals surface area contributed by atoms with Crippen LogP contribution in [-0.2, 0) is 6.18 Å². The molecule has 112 valence electrons. The molecule has 2 heterocycles. The molecule has 1 aliphatic rings. The van der Waals surface area contributed by atoms with E-state index in [4.69, 9.17) is 0 Å². The molecular weight excluding hydrogens is 286 g/mol. The molecule has 0 amide bonds. The first-order valence-corrected chi connectivity index (χ1v) is 6.03. The summed E-state index contributed by atoms with van der Waals surface area (Å²) >= 11 is 0. The lowest BCUT2D eigenvalue weighted by atomic mass is 9.96. The molecule has 0 aliphatic carbocycles. The van der Waals surface area contributed by atoms with Crippen LogP contribution in [0, 0.1) is 5.92 Å². The van der Waals surface area contributed by atoms with Crippen LogP contribution in [0.25, 0.3) is 0 Å². The number of aromatic nitrogens is 1. The second-order valence-corrected chi connectivity index (χ2v) is 4.68. The summed E-state index contributed by atoms with van der Waals surface area (Å²) in [4.78, 5) is 4.95. The highest BCUT2D eigenvalue weighted by Crippen LogP contribution is 2.39. The van der Waals surface area contributed by atoms with Crippen molar-refractivity contribution in [1.29, 1.82) is 0 Å². The van der Waals surface area contributed by atoms with Gasteiger partial charge >= 0.3 is 12.4 Å². The lowest BCUT2D eigenvalue weighted by Crippen LogP contribution is -2.40. The third-order valence-corrected chi connectivity index (χ3v) is 3.35. The smallest absolute Gasteiger partial charge is 0.356 e. The van der Waals surface area contributed by atoms with Crippen molar-refractivity contribution in [1.82, 2.24) is 4.98 Å². The molecule has 0 N–H and O–H groups in total. The predicted molar refractivity (Wildman–Crippen MR) is 60.2 cm³/mol. The van der Waals surface area contributed by atoms with Crippen LogP contribution in [0.2, 0.25) is 0 Å². The van der Waals surface area contributed by atoms with Crippen molar-refractivity contribution in [2.75, 3.05) is 18.0 Å². The number of piperidine rings is 1. The van der Waals surface area contributed by atoms with Crippen molar-refractivity contribution in [3.8, 4) is 0 Å². The molecule has 2 rings (SSSR count). The van der Waals surface area contributed by atoms with Gasteiger partial charge in [-0.3, -0.25) is 0 Å². The molecular formula is C12H12F6N2. The number of nitrogens with zero attached hydrogens (tertiary/aromatic N) is 2. The Morgan fingerprint density at radius 2 is 1.65 bits per heavy atom. The van der Waals surface area contributed by atoms with E-state index in [1.165, 1.54) is 11.1 Å². The number of rotatable bonds is 1. The fourth-order valence-corrected chi connectivity index (χ4v) is 2.29. The van der Waals surface area contributed by atoms with Gasteiger partial charge in [-0.25, -0.2) is 4.98 Å². The first-order chi connectivity index (χ1) is 9.19. The Kier molecular flexibility index (Phi) is 3.84. The van der Waals surface area contributed by atoms with Crippen LogP contribution < -0.4 is 4.90 Å². The molecule has 0 spiro atoms. The Balaban J connectivity index is 2.16. The average Bonchev–Trinajstić information content (AvgIpc) is 2.37. The second kappa shape index (κ2) is 5.14. The van der Waals surface area contributed by atoms with Gasteiger partial charge in [-0.1, -0.05) is 0 Å². The summed E-state index contributed by atoms with van der Waals surface area (Å²) in [6.45, 7) is -0.158. The zero-order valence-electron chi connectivity index (χ0n) is 10.3. The summed E-state index contributed by atoms with van der Waals surface area (Å²) < 4.78 is 76.0. The van der Waals surface area contributed by atoms with E-state index in [2.05, 4.69) is 4.98 Å². The van der Waals surface area contributed by atoms with Crippen LogP contribution in [0.15, 0.2) is 18.3 Å². The lowest BCUT2D eigenvalue weighted by Gasteiger charge is -2.34. The summed E-state index contributed by atoms with van der Waals surface area (Å²) in [6, 6.07) is 2.05. The first kappa shape index (κ1) is 14.9. The molecule has 2 nitrogen and oxygen atoms in total. The van der Waals surface area contributed by atoms with Crippen LogP contribution in [0.5, 0.6) is 0 Å². The van der Waals surface area contributed by atoms with Crippen molar-refractivity contribution >= 4 is 5.82 Å². The van der Waals surface area contributed by atoms with Gasteiger partial charge in [-0.15, -0.1) is 0 Å². The molecule has 0 saturated carbocycles. The maximum atomic E-state index is 12.8. The van der Waals surface area contributed by atoms with Gasteiger partial charge in [-0.05, 0) is 25.0 Å². The van der Waals surface area contributed by atoms with Crippen molar-refractivity contribution in [3.05, 3.63) is 23.9 Å². The van der Waals surface area contributed by atoms with Gasteiger partial charge in [0.2, 0.25) is 0 Å². The third kappa shape index (κ3) is 3.16. The summed E-state index contributed by atoms with van der Waals surface area (Å²) in [5, 5.41) is 0. The highest BCUT2D eigenvalue weighted by molar-refractivity contribution is 5.48. The number of alkyl halides is 6. The van der Waals surface area contributed by atoms with Crippen molar-refractivity contribution in [2.24, 2.45) is 5.92 Å². The largest absolute Gasteiger partial charge is 0.419 e. The fraction of sp³-hybridized carbons (Fsp3) is 0.583. The minimum absolute atomic E-state index is 0.0791. The minimum atomic E-state index is -4.57. The van der Waals surface area contributed by atoms with Gasteiger partial charge in [0.1, 0.15) is 5.82 Å². The summed E-state index contributed by atoms with van der Waals surface area (Å²) in [5.74, 6) is -1.74. The van der Waals surface area contributed by atoms with E-state index in [1.807, 2.05) is 0 Å². The molecule has 8 heteroatoms. The van der Waals surface area contributed by atoms with Crippen LogP contribution >= 0.6 is 0 Å². The zero-order valence-corrected chi connectivity index (χ0v) is 10.3. The van der Waals surface area contributed by atoms with E-state index in [0.29, 0.717) is 0 Å². The van der Waals surface area contributed by atoms with Crippen LogP contribution in [0.4, 0.5) is 32.2 Å². The third-order valence-electron chi connectivity index (χ3n) is 3.35. The van der Waals surface area contributed by atoms with E-state index in [0.717, 1.165) is 12.1 Å². The molecule has 1 aromatic rings. The second-order valence-electron chi connectivity index (χ2n) is 4.68. The number of pyridine rings is 1. The minimum Gasteiger partial charge on any atom is -0.356 e. The zero-order chi connectivity index (χ0) is 15.0. The Hall–Kier alpha value is -1.47. The Labute approximate surface area is 111 Å². The highest BCUT2D eigenvalue weighted by atomic mass is 19.4. The maximum absolute atomic E-state index is 12.8. The van der Waals surface area contributed by atoms with Crippen LogP contribution in [0.3, 0.4) is 0 Å². The maximum Gasteiger partial charge on any atom is 0.419 e. The van der Waals surface area contributed by atoms with Gasteiger partial charge in [0.15, 0.2) is 0 Å². The number of halogens is 6. The van der Waals surface area contributed by atoms with Crippen LogP contribution in [0.1, 0.15) is 18.4 Å². The van der Waals surface area contributed by atoms with Gasteiger partial charge < -0.3 is 4.90 Å². The number of anilines is 1. The number of hydrogen-bond donors (Lipinski definition) is 0. The molecule has 0 unspecified atom stereocenters. The summed E-state index contributed by atoms with van der Waals surface area (Å²) in [6.07, 6.45) is -8.07. The molecule has 1 saturated heterocycles. The van der Waals surface area contributed by atoms with Gasteiger partial charge in [0, 0.05) is 19.3 Å². The Bertz CT molecular complexity index is 460. The van der Waals surface area contributed by atoms with E-state index in [-0.39, 0.29) is 31.7 Å². The molecule has 1 fully saturated rings. The van der Waals surface area contributed by atoms with E-state index >= 15 is 0 Å². The summed E-state index contributed by atoms with van der Waals surface area (Å²) in [5.41, 5.74) is -0.912. The number of hydrogen-bond acceptors (Lipinski definition) is 2. The molecule has 0 bridgehead atoms. The quantitative estimate of drug-likeness (QED) is 0.731. The SMILES string of the molecule is FC(F)(F)c1cccnc1N1CCC(C(F)(F)F)CC1. The monoisotopic (exact) mass is 298 g/mol. The van der Waals surface area contributed by atoms with E-state index in [1.54, 1.807) is 0 Å². The van der Waals surface area contributed by atoms with Gasteiger partial charge in [0.05, 0.1) is 11.5 Å². The molecule has 0 aromatic carbocycles. The average molecular weight is 298 g/mol. The normalized spacial score (nSPS) is 18.4. The van der Waals surface area contributed by atoms with E-state index < -0.39 is 23.8 Å². The molecule has 1 aromatic heterocycles. The van der Waals surface area contributed by atoms with E-state index in [9.17, 15) is 26.3 Å².